The molecule has 0 amide bonds. The van der Waals surface area contributed by atoms with E-state index < -0.39 is 9.84 Å². The number of nitrogens with one attached hydrogen (secondary N) is 1. The van der Waals surface area contributed by atoms with Crippen molar-refractivity contribution in [2.24, 2.45) is 5.41 Å². The van der Waals surface area contributed by atoms with Gasteiger partial charge in [0.05, 0.1) is 17.6 Å². The highest BCUT2D eigenvalue weighted by Gasteiger charge is 2.26. The Kier molecular flexibility index (Phi) is 4.96. The van der Waals surface area contributed by atoms with Crippen LogP contribution >= 0.6 is 0 Å². The van der Waals surface area contributed by atoms with Crippen molar-refractivity contribution in [3.05, 3.63) is 0 Å². The van der Waals surface area contributed by atoms with Crippen molar-refractivity contribution < 1.29 is 8.42 Å². The van der Waals surface area contributed by atoms with Crippen molar-refractivity contribution in [1.29, 1.82) is 5.26 Å². The van der Waals surface area contributed by atoms with Crippen molar-refractivity contribution >= 4 is 9.84 Å². The van der Waals surface area contributed by atoms with Gasteiger partial charge in [-0.2, -0.15) is 5.26 Å². The van der Waals surface area contributed by atoms with Gasteiger partial charge in [-0.15, -0.1) is 0 Å². The summed E-state index contributed by atoms with van der Waals surface area (Å²) in [5.74, 6) is 0.602. The third-order valence-corrected chi connectivity index (χ3v) is 5.07. The number of hydrogen-bond donors (Lipinski definition) is 1. The van der Waals surface area contributed by atoms with Crippen molar-refractivity contribution in [3.63, 3.8) is 0 Å². The van der Waals surface area contributed by atoms with Gasteiger partial charge in [-0.05, 0) is 24.7 Å². The van der Waals surface area contributed by atoms with E-state index >= 15 is 0 Å². The van der Waals surface area contributed by atoms with Crippen molar-refractivity contribution in [2.45, 2.75) is 45.6 Å². The smallest absolute Gasteiger partial charge is 0.151 e. The summed E-state index contributed by atoms with van der Waals surface area (Å²) in [6, 6.07) is 2.24. The second kappa shape index (κ2) is 5.83. The SMILES string of the molecule is CC(C)(CCC#N)CNC1CCCS(=O)(=O)C1. The summed E-state index contributed by atoms with van der Waals surface area (Å²) in [5, 5.41) is 11.9. The minimum atomic E-state index is -2.83. The lowest BCUT2D eigenvalue weighted by molar-refractivity contribution is 0.298. The van der Waals surface area contributed by atoms with Gasteiger partial charge in [-0.1, -0.05) is 13.8 Å². The number of nitriles is 1. The van der Waals surface area contributed by atoms with Gasteiger partial charge in [-0.25, -0.2) is 8.42 Å². The molecule has 0 aromatic rings. The van der Waals surface area contributed by atoms with E-state index in [1.165, 1.54) is 0 Å². The van der Waals surface area contributed by atoms with E-state index in [4.69, 9.17) is 5.26 Å². The number of sulfone groups is 1. The second-order valence-corrected chi connectivity index (χ2v) is 7.89. The van der Waals surface area contributed by atoms with Gasteiger partial charge in [0.25, 0.3) is 0 Å². The topological polar surface area (TPSA) is 70.0 Å². The maximum Gasteiger partial charge on any atom is 0.151 e. The maximum atomic E-state index is 11.5. The quantitative estimate of drug-likeness (QED) is 0.811. The lowest BCUT2D eigenvalue weighted by Gasteiger charge is -2.29. The molecular formula is C12H22N2O2S. The molecule has 1 unspecified atom stereocenters. The predicted octanol–water partition coefficient (Wildman–Crippen LogP) is 1.48. The molecule has 1 rings (SSSR count). The zero-order valence-corrected chi connectivity index (χ0v) is 11.5. The molecule has 0 bridgehead atoms. The molecule has 0 radical (unpaired) electrons. The van der Waals surface area contributed by atoms with Crippen LogP contribution in [0.2, 0.25) is 0 Å². The average Bonchev–Trinajstić information content (AvgIpc) is 2.23. The monoisotopic (exact) mass is 258 g/mol. The van der Waals surface area contributed by atoms with Crippen molar-refractivity contribution in [1.82, 2.24) is 5.32 Å². The summed E-state index contributed by atoms with van der Waals surface area (Å²) in [6.07, 6.45) is 3.10. The van der Waals surface area contributed by atoms with Crippen LogP contribution in [0, 0.1) is 16.7 Å². The van der Waals surface area contributed by atoms with E-state index in [0.29, 0.717) is 12.2 Å². The first kappa shape index (κ1) is 14.5. The zero-order valence-electron chi connectivity index (χ0n) is 10.7. The number of nitrogens with zero attached hydrogens (tertiary/aromatic N) is 1. The lowest BCUT2D eigenvalue weighted by atomic mass is 9.87. The minimum Gasteiger partial charge on any atom is -0.312 e. The Morgan fingerprint density at radius 2 is 2.18 bits per heavy atom. The molecular weight excluding hydrogens is 236 g/mol. The standard InChI is InChI=1S/C12H22N2O2S/c1-12(2,6-4-7-13)10-14-11-5-3-8-17(15,16)9-11/h11,14H,3-6,8-10H2,1-2H3. The predicted molar refractivity (Wildman–Crippen MR) is 68.3 cm³/mol. The third-order valence-electron chi connectivity index (χ3n) is 3.25. The van der Waals surface area contributed by atoms with Gasteiger partial charge < -0.3 is 5.32 Å². The maximum absolute atomic E-state index is 11.5. The van der Waals surface area contributed by atoms with E-state index in [1.807, 2.05) is 0 Å². The Morgan fingerprint density at radius 1 is 1.47 bits per heavy atom. The number of rotatable bonds is 5. The molecule has 17 heavy (non-hydrogen) atoms. The van der Waals surface area contributed by atoms with E-state index in [1.54, 1.807) is 0 Å². The molecule has 0 spiro atoms. The van der Waals surface area contributed by atoms with E-state index in [2.05, 4.69) is 25.2 Å². The molecule has 0 aromatic carbocycles. The van der Waals surface area contributed by atoms with Gasteiger partial charge in [0.15, 0.2) is 9.84 Å². The molecule has 1 heterocycles. The normalized spacial score (nSPS) is 24.2. The molecule has 0 aromatic heterocycles. The Bertz CT molecular complexity index is 382. The summed E-state index contributed by atoms with van der Waals surface area (Å²) in [6.45, 7) is 4.98. The molecule has 1 aliphatic rings. The van der Waals surface area contributed by atoms with E-state index in [0.717, 1.165) is 25.8 Å². The number of hydrogen-bond acceptors (Lipinski definition) is 4. The van der Waals surface area contributed by atoms with Crippen LogP contribution in [-0.4, -0.2) is 32.5 Å². The average molecular weight is 258 g/mol. The molecule has 1 aliphatic heterocycles. The molecule has 0 aliphatic carbocycles. The Morgan fingerprint density at radius 3 is 2.76 bits per heavy atom. The van der Waals surface area contributed by atoms with Crippen LogP contribution in [0.1, 0.15) is 39.5 Å². The summed E-state index contributed by atoms with van der Waals surface area (Å²) in [7, 11) is -2.83. The highest BCUT2D eigenvalue weighted by Crippen LogP contribution is 2.22. The van der Waals surface area contributed by atoms with Gasteiger partial charge in [-0.3, -0.25) is 0 Å². The first-order valence-electron chi connectivity index (χ1n) is 6.15. The fraction of sp³-hybridized carbons (Fsp3) is 0.917. The fourth-order valence-corrected chi connectivity index (χ4v) is 3.76. The van der Waals surface area contributed by atoms with Crippen molar-refractivity contribution in [3.8, 4) is 6.07 Å². The van der Waals surface area contributed by atoms with Crippen LogP contribution in [0.3, 0.4) is 0 Å². The lowest BCUT2D eigenvalue weighted by Crippen LogP contribution is -2.43. The first-order chi connectivity index (χ1) is 7.85. The van der Waals surface area contributed by atoms with Crippen LogP contribution in [0.15, 0.2) is 0 Å². The van der Waals surface area contributed by atoms with Crippen LogP contribution in [0.4, 0.5) is 0 Å². The first-order valence-corrected chi connectivity index (χ1v) is 7.98. The molecule has 98 valence electrons. The Hall–Kier alpha value is -0.600. The molecule has 1 fully saturated rings. The van der Waals surface area contributed by atoms with Crippen LogP contribution in [0.5, 0.6) is 0 Å². The van der Waals surface area contributed by atoms with E-state index in [9.17, 15) is 8.42 Å². The summed E-state index contributed by atoms with van der Waals surface area (Å²) in [4.78, 5) is 0. The molecule has 1 saturated heterocycles. The zero-order chi connectivity index (χ0) is 12.9. The molecule has 5 heteroatoms. The minimum absolute atomic E-state index is 0.0525. The van der Waals surface area contributed by atoms with Crippen molar-refractivity contribution in [2.75, 3.05) is 18.1 Å². The molecule has 0 saturated carbocycles. The molecule has 1 N–H and O–H groups in total. The van der Waals surface area contributed by atoms with Crippen LogP contribution in [-0.2, 0) is 9.84 Å². The summed E-state index contributed by atoms with van der Waals surface area (Å²) >= 11 is 0. The van der Waals surface area contributed by atoms with Gasteiger partial charge in [0.1, 0.15) is 0 Å². The highest BCUT2D eigenvalue weighted by molar-refractivity contribution is 7.91. The van der Waals surface area contributed by atoms with E-state index in [-0.39, 0.29) is 17.2 Å². The largest absolute Gasteiger partial charge is 0.312 e. The molecule has 4 nitrogen and oxygen atoms in total. The van der Waals surface area contributed by atoms with Gasteiger partial charge in [0, 0.05) is 19.0 Å². The fourth-order valence-electron chi connectivity index (χ4n) is 2.09. The highest BCUT2D eigenvalue weighted by atomic mass is 32.2. The van der Waals surface area contributed by atoms with Crippen LogP contribution in [0.25, 0.3) is 0 Å². The Labute approximate surface area is 104 Å². The van der Waals surface area contributed by atoms with Gasteiger partial charge >= 0.3 is 0 Å². The molecule has 1 atom stereocenters. The summed E-state index contributed by atoms with van der Waals surface area (Å²) in [5.41, 5.74) is 0.0525. The summed E-state index contributed by atoms with van der Waals surface area (Å²) < 4.78 is 22.9. The second-order valence-electron chi connectivity index (χ2n) is 5.66. The Balaban J connectivity index is 2.38. The van der Waals surface area contributed by atoms with Gasteiger partial charge in [0.2, 0.25) is 0 Å². The van der Waals surface area contributed by atoms with Crippen LogP contribution < -0.4 is 5.32 Å². The third kappa shape index (κ3) is 5.51.